The third-order valence-electron chi connectivity index (χ3n) is 5.14. The molecule has 4 nitrogen and oxygen atoms in total. The van der Waals surface area contributed by atoms with Gasteiger partial charge in [-0.05, 0) is 42.3 Å². The third-order valence-corrected chi connectivity index (χ3v) is 7.20. The molecule has 0 aromatic heterocycles. The number of nitrogens with zero attached hydrogens (tertiary/aromatic N) is 1. The Morgan fingerprint density at radius 1 is 1.03 bits per heavy atom. The Hall–Kier alpha value is -0.560. The van der Waals surface area contributed by atoms with E-state index in [1.807, 2.05) is 30.3 Å². The van der Waals surface area contributed by atoms with Crippen molar-refractivity contribution in [2.24, 2.45) is 0 Å². The summed E-state index contributed by atoms with van der Waals surface area (Å²) in [6, 6.07) is 12.7. The molecule has 7 heteroatoms. The summed E-state index contributed by atoms with van der Waals surface area (Å²) in [5.41, 5.74) is 2.43. The molecule has 1 aliphatic heterocycles. The van der Waals surface area contributed by atoms with E-state index < -0.39 is 10.0 Å². The smallest absolute Gasteiger partial charge is 0.306 e. The Labute approximate surface area is 203 Å². The fourth-order valence-corrected chi connectivity index (χ4v) is 5.34. The maximum absolute atomic E-state index is 13.2. The van der Waals surface area contributed by atoms with Gasteiger partial charge in [0.15, 0.2) is 0 Å². The van der Waals surface area contributed by atoms with Crippen LogP contribution in [0.4, 0.5) is 5.69 Å². The predicted molar refractivity (Wildman–Crippen MR) is 119 cm³/mol. The van der Waals surface area contributed by atoms with Crippen molar-refractivity contribution in [1.82, 2.24) is 5.32 Å². The molecule has 29 heavy (non-hydrogen) atoms. The van der Waals surface area contributed by atoms with Crippen molar-refractivity contribution in [3.8, 4) is 0 Å². The Balaban J connectivity index is 0.00000210. The van der Waals surface area contributed by atoms with Gasteiger partial charge in [0.2, 0.25) is 0 Å². The number of hydrogen-bond acceptors (Lipinski definition) is 3. The Bertz CT molecular complexity index is 905. The molecule has 2 aromatic rings. The summed E-state index contributed by atoms with van der Waals surface area (Å²) < 4.78 is 27.7. The van der Waals surface area contributed by atoms with Gasteiger partial charge in [-0.15, -0.1) is 0 Å². The molecule has 0 radical (unpaired) electrons. The molecule has 1 atom stereocenters. The minimum atomic E-state index is -3.66. The molecule has 0 aliphatic carbocycles. The Morgan fingerprint density at radius 2 is 1.72 bits per heavy atom. The number of unbranched alkanes of at least 4 members (excludes halogenated alkanes) is 4. The van der Waals surface area contributed by atoms with E-state index in [4.69, 9.17) is 11.6 Å². The third kappa shape index (κ3) is 5.78. The maximum atomic E-state index is 13.2. The van der Waals surface area contributed by atoms with Gasteiger partial charge >= 0.3 is 29.6 Å². The molecule has 2 aromatic carbocycles. The number of nitrogens with one attached hydrogen (secondary N) is 1. The molecule has 1 unspecified atom stereocenters. The fourth-order valence-electron chi connectivity index (χ4n) is 3.63. The second kappa shape index (κ2) is 11.7. The fraction of sp³-hybridized carbons (Fsp3) is 0.455. The van der Waals surface area contributed by atoms with Crippen molar-refractivity contribution < 1.29 is 38.0 Å². The van der Waals surface area contributed by atoms with E-state index in [0.717, 1.165) is 24.1 Å². The summed E-state index contributed by atoms with van der Waals surface area (Å²) in [5.74, 6) is 0. The zero-order valence-electron chi connectivity index (χ0n) is 16.9. The van der Waals surface area contributed by atoms with E-state index in [1.165, 1.54) is 30.0 Å². The van der Waals surface area contributed by atoms with Crippen LogP contribution in [0.1, 0.15) is 63.6 Å². The molecule has 1 N–H and O–H groups in total. The van der Waals surface area contributed by atoms with Crippen LogP contribution in [0.2, 0.25) is 5.02 Å². The van der Waals surface area contributed by atoms with E-state index in [0.29, 0.717) is 10.7 Å². The van der Waals surface area contributed by atoms with Crippen molar-refractivity contribution in [1.29, 1.82) is 0 Å². The summed E-state index contributed by atoms with van der Waals surface area (Å²) in [6.45, 7) is 3.05. The molecular weight excluding hydrogens is 415 g/mol. The molecule has 1 aliphatic rings. The minimum absolute atomic E-state index is 0. The first-order valence-corrected chi connectivity index (χ1v) is 11.4. The molecule has 1 heterocycles. The molecule has 0 fully saturated rings. The monoisotopic (exact) mass is 445 g/mol. The normalized spacial score (nSPS) is 16.7. The number of sulfonamides is 1. The quantitative estimate of drug-likeness (QED) is 0.526. The van der Waals surface area contributed by atoms with Gasteiger partial charge in [0, 0.05) is 12.1 Å². The van der Waals surface area contributed by atoms with Gasteiger partial charge in [-0.2, -0.15) is 0 Å². The minimum Gasteiger partial charge on any atom is -0.306 e. The van der Waals surface area contributed by atoms with Crippen LogP contribution in [0.25, 0.3) is 0 Å². The summed E-state index contributed by atoms with van der Waals surface area (Å²) >= 11 is 6.14. The van der Waals surface area contributed by atoms with Crippen molar-refractivity contribution >= 4 is 27.3 Å². The second-order valence-corrected chi connectivity index (χ2v) is 9.39. The Morgan fingerprint density at radius 3 is 2.45 bits per heavy atom. The van der Waals surface area contributed by atoms with Crippen LogP contribution in [0.3, 0.4) is 0 Å². The summed E-state index contributed by atoms with van der Waals surface area (Å²) in [4.78, 5) is 0.275. The average Bonchev–Trinajstić information content (AvgIpc) is 2.73. The SMILES string of the molecule is C.CCCCCCCNC1c2ccccc2N(C)S(=O)(=O)c2cc(Cl)ccc21.[Na+]. The topological polar surface area (TPSA) is 49.4 Å². The van der Waals surface area contributed by atoms with E-state index in [-0.39, 0.29) is 47.9 Å². The molecule has 0 amide bonds. The number of hydrogen-bond donors (Lipinski definition) is 1. The zero-order valence-corrected chi connectivity index (χ0v) is 20.5. The number of anilines is 1. The van der Waals surface area contributed by atoms with Crippen molar-refractivity contribution in [3.63, 3.8) is 0 Å². The molecular formula is C22H31ClN2NaO2S+. The first kappa shape index (κ1) is 26.5. The van der Waals surface area contributed by atoms with Gasteiger partial charge in [0.25, 0.3) is 10.0 Å². The number of fused-ring (bicyclic) bond motifs is 2. The molecule has 3 rings (SSSR count). The largest absolute Gasteiger partial charge is 1.00 e. The molecule has 0 spiro atoms. The van der Waals surface area contributed by atoms with Gasteiger partial charge in [-0.1, -0.05) is 75.9 Å². The Kier molecular flexibility index (Phi) is 10.7. The first-order chi connectivity index (χ1) is 13.0. The average molecular weight is 446 g/mol. The predicted octanol–water partition coefficient (Wildman–Crippen LogP) is 2.77. The summed E-state index contributed by atoms with van der Waals surface area (Å²) in [7, 11) is -2.06. The molecule has 154 valence electrons. The van der Waals surface area contributed by atoms with Crippen LogP contribution >= 0.6 is 11.6 Å². The van der Waals surface area contributed by atoms with Crippen LogP contribution in [0, 0.1) is 0 Å². The van der Waals surface area contributed by atoms with E-state index in [2.05, 4.69) is 12.2 Å². The summed E-state index contributed by atoms with van der Waals surface area (Å²) in [6.07, 6.45) is 5.98. The summed E-state index contributed by atoms with van der Waals surface area (Å²) in [5, 5.41) is 4.02. The van der Waals surface area contributed by atoms with Crippen molar-refractivity contribution in [2.45, 2.75) is 57.4 Å². The molecule has 0 saturated carbocycles. The van der Waals surface area contributed by atoms with Crippen LogP contribution in [0.5, 0.6) is 0 Å². The van der Waals surface area contributed by atoms with E-state index >= 15 is 0 Å². The van der Waals surface area contributed by atoms with Crippen LogP contribution in [0.15, 0.2) is 47.4 Å². The van der Waals surface area contributed by atoms with Gasteiger partial charge < -0.3 is 5.32 Å². The maximum Gasteiger partial charge on any atom is 1.00 e. The number of benzene rings is 2. The number of para-hydroxylation sites is 1. The van der Waals surface area contributed by atoms with Gasteiger partial charge in [0.1, 0.15) is 0 Å². The van der Waals surface area contributed by atoms with Crippen LogP contribution in [-0.4, -0.2) is 22.0 Å². The van der Waals surface area contributed by atoms with E-state index in [1.54, 1.807) is 19.2 Å². The number of halogens is 1. The first-order valence-electron chi connectivity index (χ1n) is 9.57. The van der Waals surface area contributed by atoms with Crippen molar-refractivity contribution in [2.75, 3.05) is 17.9 Å². The number of rotatable bonds is 7. The van der Waals surface area contributed by atoms with Crippen LogP contribution in [-0.2, 0) is 10.0 Å². The van der Waals surface area contributed by atoms with Crippen LogP contribution < -0.4 is 39.2 Å². The van der Waals surface area contributed by atoms with Gasteiger partial charge in [-0.3, -0.25) is 4.31 Å². The molecule has 0 saturated heterocycles. The van der Waals surface area contributed by atoms with Crippen molar-refractivity contribution in [3.05, 3.63) is 58.6 Å². The van der Waals surface area contributed by atoms with E-state index in [9.17, 15) is 8.42 Å². The van der Waals surface area contributed by atoms with Gasteiger partial charge in [-0.25, -0.2) is 8.42 Å². The second-order valence-electron chi connectivity index (χ2n) is 7.01. The van der Waals surface area contributed by atoms with Gasteiger partial charge in [0.05, 0.1) is 16.6 Å². The zero-order chi connectivity index (χ0) is 19.4. The molecule has 0 bridgehead atoms. The standard InChI is InChI=1S/C21H27ClN2O2S.CH4.Na/c1-3-4-5-6-9-14-23-21-17-10-7-8-11-19(17)24(2)27(25,26)20-15-16(22)12-13-18(20)21;;/h7-8,10-13,15,21,23H,3-6,9,14H2,1-2H3;1H4;/q;;+1.